The van der Waals surface area contributed by atoms with Crippen molar-refractivity contribution in [1.82, 2.24) is 0 Å². The minimum absolute atomic E-state index is 0.200. The maximum absolute atomic E-state index is 12.7. The number of fused-ring (bicyclic) bond motifs is 2. The second kappa shape index (κ2) is 7.66. The van der Waals surface area contributed by atoms with E-state index in [1.807, 2.05) is 0 Å². The summed E-state index contributed by atoms with van der Waals surface area (Å²) >= 11 is 65.0. The smallest absolute Gasteiger partial charge is 0.336 e. The van der Waals surface area contributed by atoms with Crippen LogP contribution in [-0.4, -0.2) is 45.1 Å². The number of hydrogen-bond acceptors (Lipinski definition) is 4. The van der Waals surface area contributed by atoms with Crippen LogP contribution in [0.1, 0.15) is 0 Å². The van der Waals surface area contributed by atoms with Crippen molar-refractivity contribution in [2.45, 2.75) is 19.0 Å². The van der Waals surface area contributed by atoms with Crippen LogP contribution in [0.25, 0.3) is 0 Å². The molecule has 0 heterocycles. The molecule has 164 valence electrons. The molecule has 3 rings (SSSR count). The van der Waals surface area contributed by atoms with Crippen molar-refractivity contribution in [2.24, 2.45) is 0 Å². The van der Waals surface area contributed by atoms with E-state index in [1.54, 1.807) is 0 Å². The van der Waals surface area contributed by atoms with E-state index in [4.69, 9.17) is 125 Å². The summed E-state index contributed by atoms with van der Waals surface area (Å²) in [5.74, 6) is -2.18. The molecule has 30 heavy (non-hydrogen) atoms. The largest absolute Gasteiger partial charge is 0.466 e. The molecule has 0 amide bonds. The third-order valence-electron chi connectivity index (χ3n) is 4.98. The molecule has 0 aromatic heterocycles. The first-order chi connectivity index (χ1) is 13.6. The lowest BCUT2D eigenvalue weighted by atomic mass is 9.82. The van der Waals surface area contributed by atoms with Gasteiger partial charge in [0.1, 0.15) is 14.6 Å². The van der Waals surface area contributed by atoms with Gasteiger partial charge in [0, 0.05) is 5.57 Å². The zero-order valence-electron chi connectivity index (χ0n) is 14.4. The van der Waals surface area contributed by atoms with Gasteiger partial charge < -0.3 is 9.47 Å². The van der Waals surface area contributed by atoms with Gasteiger partial charge in [0.2, 0.25) is 0 Å². The molecule has 3 aliphatic carbocycles. The van der Waals surface area contributed by atoms with Crippen molar-refractivity contribution >= 4 is 128 Å². The van der Waals surface area contributed by atoms with Crippen LogP contribution in [0.5, 0.6) is 0 Å². The topological polar surface area (TPSA) is 52.6 Å². The third kappa shape index (κ3) is 2.58. The lowest BCUT2D eigenvalue weighted by Gasteiger charge is -2.38. The van der Waals surface area contributed by atoms with Crippen LogP contribution in [-0.2, 0) is 19.1 Å². The van der Waals surface area contributed by atoms with Gasteiger partial charge in [-0.3, -0.25) is 0 Å². The lowest BCUT2D eigenvalue weighted by molar-refractivity contribution is -0.139. The predicted molar refractivity (Wildman–Crippen MR) is 122 cm³/mol. The van der Waals surface area contributed by atoms with E-state index >= 15 is 0 Å². The van der Waals surface area contributed by atoms with Crippen molar-refractivity contribution in [3.8, 4) is 0 Å². The van der Waals surface area contributed by atoms with E-state index in [9.17, 15) is 9.59 Å². The first kappa shape index (κ1) is 25.4. The Morgan fingerprint density at radius 1 is 0.667 bits per heavy atom. The zero-order chi connectivity index (χ0) is 23.2. The quantitative estimate of drug-likeness (QED) is 0.263. The molecule has 0 saturated carbocycles. The molecule has 2 bridgehead atoms. The first-order valence-corrected chi connectivity index (χ1v) is 11.3. The number of methoxy groups -OCH3 is 2. The van der Waals surface area contributed by atoms with Gasteiger partial charge in [-0.25, -0.2) is 9.59 Å². The second-order valence-electron chi connectivity index (χ2n) is 6.23. The summed E-state index contributed by atoms with van der Waals surface area (Å²) < 4.78 is 7.15. The van der Waals surface area contributed by atoms with E-state index in [1.165, 1.54) is 0 Å². The Morgan fingerprint density at radius 3 is 1.40 bits per heavy atom. The molecule has 0 fully saturated rings. The number of alkyl halides is 5. The Kier molecular flexibility index (Phi) is 6.49. The van der Waals surface area contributed by atoms with Gasteiger partial charge in [-0.2, -0.15) is 0 Å². The van der Waals surface area contributed by atoms with E-state index < -0.39 is 47.1 Å². The highest BCUT2D eigenvalue weighted by atomic mass is 35.5. The highest BCUT2D eigenvalue weighted by Gasteiger charge is 2.83. The molecule has 0 N–H and O–H groups in total. The minimum atomic E-state index is -2.36. The normalized spacial score (nSPS) is 31.9. The molecular weight excluding hydrogens is 611 g/mol. The van der Waals surface area contributed by atoms with Crippen LogP contribution < -0.4 is 0 Å². The Labute approximate surface area is 220 Å². The maximum atomic E-state index is 12.7. The molecule has 0 spiro atoms. The van der Waals surface area contributed by atoms with E-state index in [2.05, 4.69) is 0 Å². The summed E-state index contributed by atoms with van der Waals surface area (Å²) in [7, 11) is 2.07. The maximum Gasteiger partial charge on any atom is 0.336 e. The molecule has 14 heteroatoms. The third-order valence-corrected chi connectivity index (χ3v) is 11.1. The van der Waals surface area contributed by atoms with Crippen LogP contribution in [0, 0.1) is 0 Å². The summed E-state index contributed by atoms with van der Waals surface area (Å²) in [5.41, 5.74) is -1.38. The molecule has 0 aliphatic heterocycles. The van der Waals surface area contributed by atoms with Crippen LogP contribution in [0.4, 0.5) is 0 Å². The Morgan fingerprint density at radius 2 is 1.03 bits per heavy atom. The van der Waals surface area contributed by atoms with E-state index in [0.717, 1.165) is 14.2 Å². The highest BCUT2D eigenvalue weighted by molar-refractivity contribution is 6.68. The molecule has 0 aromatic rings. The van der Waals surface area contributed by atoms with Gasteiger partial charge in [0.05, 0.1) is 50.5 Å². The number of carbonyl (C=O) groups is 2. The van der Waals surface area contributed by atoms with Crippen LogP contribution in [0.2, 0.25) is 0 Å². The molecule has 0 radical (unpaired) electrons. The number of ether oxygens (including phenoxy) is 2. The van der Waals surface area contributed by atoms with Crippen molar-refractivity contribution in [2.75, 3.05) is 14.2 Å². The fraction of sp³-hybridized carbons (Fsp3) is 0.375. The molecule has 3 aliphatic rings. The number of rotatable bonds is 3. The number of esters is 2. The van der Waals surface area contributed by atoms with E-state index in [0.29, 0.717) is 0 Å². The highest BCUT2D eigenvalue weighted by Crippen LogP contribution is 2.77. The Hall–Kier alpha value is 0.800. The second-order valence-corrected chi connectivity index (χ2v) is 11.1. The zero-order valence-corrected chi connectivity index (χ0v) is 22.0. The summed E-state index contributed by atoms with van der Waals surface area (Å²) in [4.78, 5) is 18.6. The fourth-order valence-electron chi connectivity index (χ4n) is 3.64. The van der Waals surface area contributed by atoms with Gasteiger partial charge in [-0.05, 0) is 0 Å². The molecule has 0 unspecified atom stereocenters. The van der Waals surface area contributed by atoms with Crippen LogP contribution >= 0.6 is 116 Å². The Bertz CT molecular complexity index is 1010. The average Bonchev–Trinajstić information content (AvgIpc) is 3.00. The Balaban J connectivity index is 2.49. The standard InChI is InChI=1S/C16H6Cl10O4/c1-29-11(27)3-4(12(28)30-2)15(24)10(21)7(14(3,23)16(15,25)26)13(22)8(19)5(17)6(18)9(13)20/h1-2H3/t14-,15-/m1/s1. The molecule has 4 nitrogen and oxygen atoms in total. The van der Waals surface area contributed by atoms with Gasteiger partial charge in [-0.1, -0.05) is 81.2 Å². The minimum Gasteiger partial charge on any atom is -0.466 e. The first-order valence-electron chi connectivity index (χ1n) is 7.52. The van der Waals surface area contributed by atoms with Crippen LogP contribution in [0.3, 0.4) is 0 Å². The molecule has 2 atom stereocenters. The van der Waals surface area contributed by atoms with Crippen molar-refractivity contribution in [3.63, 3.8) is 0 Å². The number of allylic oxidation sites excluding steroid dienone is 6. The monoisotopic (exact) mass is 612 g/mol. The number of halogens is 10. The van der Waals surface area contributed by atoms with Crippen molar-refractivity contribution < 1.29 is 19.1 Å². The van der Waals surface area contributed by atoms with E-state index in [-0.39, 0.29) is 25.7 Å². The summed E-state index contributed by atoms with van der Waals surface area (Å²) in [5, 5.41) is -1.41. The summed E-state index contributed by atoms with van der Waals surface area (Å²) in [6, 6.07) is 0. The van der Waals surface area contributed by atoms with Gasteiger partial charge in [0.25, 0.3) is 0 Å². The van der Waals surface area contributed by atoms with Crippen molar-refractivity contribution in [1.29, 1.82) is 0 Å². The average molecular weight is 617 g/mol. The summed E-state index contributed by atoms with van der Waals surface area (Å²) in [6.07, 6.45) is 0. The van der Waals surface area contributed by atoms with Crippen molar-refractivity contribution in [3.05, 3.63) is 41.9 Å². The number of hydrogen-bond donors (Lipinski definition) is 0. The summed E-state index contributed by atoms with van der Waals surface area (Å²) in [6.45, 7) is 0. The predicted octanol–water partition coefficient (Wildman–Crippen LogP) is 6.65. The van der Waals surface area contributed by atoms with Gasteiger partial charge >= 0.3 is 11.9 Å². The number of carbonyl (C=O) groups excluding carboxylic acids is 2. The SMILES string of the molecule is COC(=O)C1=C(C(=O)OC)[C@@]2(Cl)C(Cl)=C(C3(Cl)C(Cl)=C(Cl)C(Cl)=C3Cl)[C@@]1(Cl)C2(Cl)Cl. The van der Waals surface area contributed by atoms with Crippen LogP contribution in [0.15, 0.2) is 41.9 Å². The van der Waals surface area contributed by atoms with Gasteiger partial charge in [-0.15, -0.1) is 34.8 Å². The molecular formula is C16H6Cl10O4. The lowest BCUT2D eigenvalue weighted by Crippen LogP contribution is -2.49. The molecule has 0 aromatic carbocycles. The molecule has 0 saturated heterocycles. The van der Waals surface area contributed by atoms with Gasteiger partial charge in [0.15, 0.2) is 4.33 Å². The fourth-order valence-corrected chi connectivity index (χ4v) is 7.87.